The average Bonchev–Trinajstić information content (AvgIpc) is 2.98. The molecule has 0 aromatic heterocycles. The number of rotatable bonds is 4. The van der Waals surface area contributed by atoms with Crippen LogP contribution in [0.5, 0.6) is 23.0 Å². The van der Waals surface area contributed by atoms with Gasteiger partial charge in [0.1, 0.15) is 17.6 Å². The van der Waals surface area contributed by atoms with E-state index in [0.717, 1.165) is 0 Å². The standard InChI is InChI=1S/C30H28O10/c1-28(35)9-30-21-15-10(7-13(38-4)22(32)19(15)24(34)27(30)40-6)14-12(37-3)8-11(31)16-17(14)18(21)20(25(39-5)23(16)33)26(28)29(30,2)36/h7-8,26-27,33-36H,9H2,1-6H3/t26-,27-,28-,29-,30-/m0/s1. The molecule has 0 amide bonds. The molecule has 2 bridgehead atoms. The van der Waals surface area contributed by atoms with Crippen LogP contribution in [0.2, 0.25) is 0 Å². The lowest BCUT2D eigenvalue weighted by atomic mass is 9.55. The van der Waals surface area contributed by atoms with E-state index in [0.29, 0.717) is 38.1 Å². The fourth-order valence-corrected chi connectivity index (χ4v) is 8.65. The molecule has 3 aliphatic carbocycles. The Morgan fingerprint density at radius 1 is 0.850 bits per heavy atom. The van der Waals surface area contributed by atoms with Gasteiger partial charge < -0.3 is 39.4 Å². The second kappa shape index (κ2) is 7.25. The molecule has 1 spiro atoms. The molecule has 4 aromatic carbocycles. The minimum absolute atomic E-state index is 0.0280. The predicted octanol–water partition coefficient (Wildman–Crippen LogP) is 1.69. The molecule has 1 fully saturated rings. The molecule has 0 heterocycles. The van der Waals surface area contributed by atoms with E-state index in [1.807, 2.05) is 0 Å². The topological polar surface area (TPSA) is 152 Å². The summed E-state index contributed by atoms with van der Waals surface area (Å²) in [6.07, 6.45) is -1.31. The zero-order valence-electron chi connectivity index (χ0n) is 22.8. The van der Waals surface area contributed by atoms with Gasteiger partial charge in [-0.2, -0.15) is 0 Å². The first-order chi connectivity index (χ1) is 18.8. The minimum Gasteiger partial charge on any atom is -0.509 e. The molecule has 0 saturated heterocycles. The number of phenolic OH excluding ortho intramolecular Hbond substituents is 1. The lowest BCUT2D eigenvalue weighted by Gasteiger charge is -2.52. The maximum Gasteiger partial charge on any atom is 0.231 e. The third kappa shape index (κ3) is 2.32. The molecule has 1 saturated carbocycles. The van der Waals surface area contributed by atoms with E-state index in [1.165, 1.54) is 40.6 Å². The molecule has 5 atom stereocenters. The third-order valence-corrected chi connectivity index (χ3v) is 9.78. The Labute approximate surface area is 226 Å². The Hall–Kier alpha value is -3.86. The maximum absolute atomic E-state index is 13.8. The maximum atomic E-state index is 13.8. The largest absolute Gasteiger partial charge is 0.509 e. The van der Waals surface area contributed by atoms with E-state index in [9.17, 15) is 30.0 Å². The molecule has 0 aliphatic heterocycles. The molecule has 10 heteroatoms. The summed E-state index contributed by atoms with van der Waals surface area (Å²) < 4.78 is 22.7. The summed E-state index contributed by atoms with van der Waals surface area (Å²) in [6.45, 7) is 3.13. The lowest BCUT2D eigenvalue weighted by molar-refractivity contribution is -0.0800. The Morgan fingerprint density at radius 3 is 2.12 bits per heavy atom. The van der Waals surface area contributed by atoms with Crippen LogP contribution in [0.25, 0.3) is 38.1 Å². The van der Waals surface area contributed by atoms with Crippen LogP contribution in [0.15, 0.2) is 21.7 Å². The van der Waals surface area contributed by atoms with Gasteiger partial charge in [-0.25, -0.2) is 0 Å². The zero-order valence-corrected chi connectivity index (χ0v) is 22.8. The molecule has 0 unspecified atom stereocenters. The van der Waals surface area contributed by atoms with Crippen LogP contribution in [0, 0.1) is 0 Å². The summed E-state index contributed by atoms with van der Waals surface area (Å²) >= 11 is 0. The van der Waals surface area contributed by atoms with Gasteiger partial charge in [-0.3, -0.25) is 9.59 Å². The van der Waals surface area contributed by atoms with E-state index in [4.69, 9.17) is 18.9 Å². The van der Waals surface area contributed by atoms with Crippen molar-refractivity contribution in [3.8, 4) is 23.0 Å². The number of benzene rings is 4. The summed E-state index contributed by atoms with van der Waals surface area (Å²) in [7, 11) is 5.44. The predicted molar refractivity (Wildman–Crippen MR) is 146 cm³/mol. The Morgan fingerprint density at radius 2 is 1.52 bits per heavy atom. The van der Waals surface area contributed by atoms with Gasteiger partial charge in [0, 0.05) is 40.8 Å². The molecule has 0 radical (unpaired) electrons. The van der Waals surface area contributed by atoms with Gasteiger partial charge in [0.15, 0.2) is 22.7 Å². The molecule has 4 aromatic rings. The highest BCUT2D eigenvalue weighted by molar-refractivity contribution is 6.29. The SMILES string of the molecule is COc1c2c3c4c5c(c(=O)c(OC)cc5c5c(OC)cc(=O)c(c1O)c35)=C(O)[C@H](OC)[C@]41C[C@](C)(O)[C@H]2[C@]1(C)O. The lowest BCUT2D eigenvalue weighted by Crippen LogP contribution is -2.61. The summed E-state index contributed by atoms with van der Waals surface area (Å²) in [5.41, 5.74) is -5.22. The third-order valence-electron chi connectivity index (χ3n) is 9.78. The van der Waals surface area contributed by atoms with E-state index < -0.39 is 51.0 Å². The van der Waals surface area contributed by atoms with E-state index in [-0.39, 0.29) is 34.3 Å². The molecule has 10 nitrogen and oxygen atoms in total. The summed E-state index contributed by atoms with van der Waals surface area (Å²) in [5.74, 6) is -1.80. The van der Waals surface area contributed by atoms with E-state index >= 15 is 0 Å². The van der Waals surface area contributed by atoms with Gasteiger partial charge in [0.2, 0.25) is 5.43 Å². The highest BCUT2D eigenvalue weighted by atomic mass is 16.5. The first kappa shape index (κ1) is 25.1. The van der Waals surface area contributed by atoms with E-state index in [2.05, 4.69) is 0 Å². The number of aliphatic hydroxyl groups is 3. The van der Waals surface area contributed by atoms with Crippen molar-refractivity contribution in [1.29, 1.82) is 0 Å². The fourth-order valence-electron chi connectivity index (χ4n) is 8.65. The van der Waals surface area contributed by atoms with Crippen molar-refractivity contribution in [1.82, 2.24) is 0 Å². The number of hydrogen-bond donors (Lipinski definition) is 4. The van der Waals surface area contributed by atoms with Crippen LogP contribution >= 0.6 is 0 Å². The van der Waals surface area contributed by atoms with Crippen molar-refractivity contribution in [2.24, 2.45) is 0 Å². The molecule has 7 rings (SSSR count). The van der Waals surface area contributed by atoms with Gasteiger partial charge in [-0.15, -0.1) is 0 Å². The quantitative estimate of drug-likeness (QED) is 0.219. The first-order valence-corrected chi connectivity index (χ1v) is 12.8. The van der Waals surface area contributed by atoms with Crippen LogP contribution in [0.3, 0.4) is 0 Å². The van der Waals surface area contributed by atoms with Crippen LogP contribution in [0.4, 0.5) is 0 Å². The molecule has 208 valence electrons. The van der Waals surface area contributed by atoms with Crippen LogP contribution in [0.1, 0.15) is 37.3 Å². The number of methoxy groups -OCH3 is 4. The number of fused-ring (bicyclic) bond motifs is 3. The van der Waals surface area contributed by atoms with Gasteiger partial charge in [-0.05, 0) is 42.7 Å². The number of phenols is 1. The Bertz CT molecular complexity index is 2010. The Kier molecular flexibility index (Phi) is 4.56. The van der Waals surface area contributed by atoms with Crippen LogP contribution in [-0.4, -0.2) is 66.2 Å². The van der Waals surface area contributed by atoms with Crippen LogP contribution in [-0.2, 0) is 10.2 Å². The van der Waals surface area contributed by atoms with Crippen LogP contribution < -0.4 is 30.3 Å². The Balaban J connectivity index is 1.99. The number of aromatic hydroxyl groups is 1. The molecule has 40 heavy (non-hydrogen) atoms. The van der Waals surface area contributed by atoms with Crippen molar-refractivity contribution in [2.45, 2.75) is 48.9 Å². The van der Waals surface area contributed by atoms with Gasteiger partial charge >= 0.3 is 0 Å². The molecule has 4 N–H and O–H groups in total. The monoisotopic (exact) mass is 548 g/mol. The molecule has 3 aliphatic rings. The number of aliphatic hydroxyl groups excluding tert-OH is 1. The number of ether oxygens (including phenoxy) is 4. The number of hydrogen-bond acceptors (Lipinski definition) is 10. The molecular formula is C30H28O10. The minimum atomic E-state index is -1.78. The summed E-state index contributed by atoms with van der Waals surface area (Å²) in [6, 6.07) is 2.77. The summed E-state index contributed by atoms with van der Waals surface area (Å²) in [5, 5.41) is 49.6. The summed E-state index contributed by atoms with van der Waals surface area (Å²) in [4.78, 5) is 27.3. The van der Waals surface area contributed by atoms with Gasteiger partial charge in [0.25, 0.3) is 0 Å². The van der Waals surface area contributed by atoms with Crippen molar-refractivity contribution in [3.05, 3.63) is 48.9 Å². The highest BCUT2D eigenvalue weighted by Gasteiger charge is 2.74. The van der Waals surface area contributed by atoms with Crippen molar-refractivity contribution >= 4 is 38.1 Å². The van der Waals surface area contributed by atoms with E-state index in [1.54, 1.807) is 13.8 Å². The smallest absolute Gasteiger partial charge is 0.231 e. The zero-order chi connectivity index (χ0) is 28.8. The second-order valence-electron chi connectivity index (χ2n) is 11.5. The van der Waals surface area contributed by atoms with Crippen molar-refractivity contribution < 1.29 is 39.4 Å². The van der Waals surface area contributed by atoms with Gasteiger partial charge in [-0.1, -0.05) is 0 Å². The van der Waals surface area contributed by atoms with Crippen molar-refractivity contribution in [3.63, 3.8) is 0 Å². The second-order valence-corrected chi connectivity index (χ2v) is 11.5. The van der Waals surface area contributed by atoms with Crippen molar-refractivity contribution in [2.75, 3.05) is 28.4 Å². The highest BCUT2D eigenvalue weighted by Crippen LogP contribution is 2.71. The average molecular weight is 549 g/mol. The molecular weight excluding hydrogens is 520 g/mol. The first-order valence-electron chi connectivity index (χ1n) is 12.8. The van der Waals surface area contributed by atoms with Gasteiger partial charge in [0.05, 0.1) is 48.6 Å². The fraction of sp³-hybridized carbons (Fsp3) is 0.400. The normalized spacial score (nSPS) is 30.1.